The molecule has 0 amide bonds. The first-order valence-corrected chi connectivity index (χ1v) is 5.18. The minimum Gasteiger partial charge on any atom is -0.271 e. The number of hydrogen-bond donors (Lipinski definition) is 2. The van der Waals surface area contributed by atoms with Crippen molar-refractivity contribution < 1.29 is 0 Å². The fourth-order valence-electron chi connectivity index (χ4n) is 1.94. The van der Waals surface area contributed by atoms with Crippen LogP contribution >= 0.6 is 0 Å². The predicted molar refractivity (Wildman–Crippen MR) is 64.4 cm³/mol. The minimum absolute atomic E-state index is 0.176. The number of nitrogens with two attached hydrogens (primary N) is 1. The summed E-state index contributed by atoms with van der Waals surface area (Å²) in [6.07, 6.45) is 0. The zero-order chi connectivity index (χ0) is 10.8. The van der Waals surface area contributed by atoms with Gasteiger partial charge in [0, 0.05) is 6.04 Å². The lowest BCUT2D eigenvalue weighted by Gasteiger charge is -2.14. The molecule has 2 aromatic carbocycles. The highest BCUT2D eigenvalue weighted by Crippen LogP contribution is 2.26. The van der Waals surface area contributed by atoms with Gasteiger partial charge in [-0.25, -0.2) is 0 Å². The van der Waals surface area contributed by atoms with Crippen molar-refractivity contribution in [3.05, 3.63) is 47.5 Å². The third-order valence-corrected chi connectivity index (χ3v) is 2.89. The zero-order valence-electron chi connectivity index (χ0n) is 9.12. The van der Waals surface area contributed by atoms with Crippen molar-refractivity contribution in [3.63, 3.8) is 0 Å². The largest absolute Gasteiger partial charge is 0.271 e. The predicted octanol–water partition coefficient (Wildman–Crippen LogP) is 2.67. The number of aryl methyl sites for hydroxylation is 1. The summed E-state index contributed by atoms with van der Waals surface area (Å²) in [4.78, 5) is 0. The van der Waals surface area contributed by atoms with Gasteiger partial charge in [0.2, 0.25) is 0 Å². The highest BCUT2D eigenvalue weighted by molar-refractivity contribution is 5.88. The Morgan fingerprint density at radius 1 is 1.07 bits per heavy atom. The average molecular weight is 200 g/mol. The molecule has 1 atom stereocenters. The summed E-state index contributed by atoms with van der Waals surface area (Å²) in [6.45, 7) is 4.20. The van der Waals surface area contributed by atoms with Gasteiger partial charge in [-0.2, -0.15) is 0 Å². The number of hydrazine groups is 1. The van der Waals surface area contributed by atoms with Crippen LogP contribution in [0.15, 0.2) is 36.4 Å². The van der Waals surface area contributed by atoms with Crippen LogP contribution in [0.5, 0.6) is 0 Å². The summed E-state index contributed by atoms with van der Waals surface area (Å²) in [5, 5.41) is 2.58. The average Bonchev–Trinajstić information content (AvgIpc) is 2.29. The van der Waals surface area contributed by atoms with E-state index >= 15 is 0 Å². The van der Waals surface area contributed by atoms with E-state index in [4.69, 9.17) is 5.84 Å². The standard InChI is InChI=1S/C13H16N2/c1-9-7-8-12(10(2)15-14)13-6-4-3-5-11(9)13/h3-8,10,15H,14H2,1-2H3/t10-/m0/s1. The molecule has 2 aromatic rings. The van der Waals surface area contributed by atoms with Crippen LogP contribution < -0.4 is 11.3 Å². The van der Waals surface area contributed by atoms with Crippen LogP contribution in [0.2, 0.25) is 0 Å². The van der Waals surface area contributed by atoms with Crippen molar-refractivity contribution in [1.29, 1.82) is 0 Å². The third-order valence-electron chi connectivity index (χ3n) is 2.89. The Balaban J connectivity index is 2.71. The summed E-state index contributed by atoms with van der Waals surface area (Å²) >= 11 is 0. The molecule has 0 fully saturated rings. The summed E-state index contributed by atoms with van der Waals surface area (Å²) in [5.41, 5.74) is 5.35. The van der Waals surface area contributed by atoms with E-state index in [-0.39, 0.29) is 6.04 Å². The lowest BCUT2D eigenvalue weighted by molar-refractivity contribution is 0.606. The van der Waals surface area contributed by atoms with Crippen LogP contribution in [0, 0.1) is 6.92 Å². The molecule has 0 unspecified atom stereocenters. The van der Waals surface area contributed by atoms with E-state index in [0.29, 0.717) is 0 Å². The molecule has 0 aliphatic carbocycles. The van der Waals surface area contributed by atoms with Crippen molar-refractivity contribution in [2.75, 3.05) is 0 Å². The van der Waals surface area contributed by atoms with Crippen molar-refractivity contribution in [2.45, 2.75) is 19.9 Å². The first-order chi connectivity index (χ1) is 7.24. The van der Waals surface area contributed by atoms with Crippen molar-refractivity contribution in [2.24, 2.45) is 5.84 Å². The highest BCUT2D eigenvalue weighted by atomic mass is 15.2. The number of benzene rings is 2. The van der Waals surface area contributed by atoms with Crippen molar-refractivity contribution in [1.82, 2.24) is 5.43 Å². The van der Waals surface area contributed by atoms with Gasteiger partial charge in [-0.15, -0.1) is 0 Å². The summed E-state index contributed by atoms with van der Waals surface area (Å²) in [5.74, 6) is 5.48. The Kier molecular flexibility index (Phi) is 2.71. The molecule has 0 aromatic heterocycles. The molecule has 15 heavy (non-hydrogen) atoms. The fourth-order valence-corrected chi connectivity index (χ4v) is 1.94. The van der Waals surface area contributed by atoms with E-state index in [2.05, 4.69) is 55.7 Å². The van der Waals surface area contributed by atoms with Gasteiger partial charge >= 0.3 is 0 Å². The van der Waals surface area contributed by atoms with Crippen LogP contribution in [0.1, 0.15) is 24.1 Å². The van der Waals surface area contributed by atoms with E-state index in [9.17, 15) is 0 Å². The first kappa shape index (κ1) is 10.1. The van der Waals surface area contributed by atoms with Crippen LogP contribution in [0.25, 0.3) is 10.8 Å². The number of nitrogens with one attached hydrogen (secondary N) is 1. The van der Waals surface area contributed by atoms with Crippen LogP contribution in [-0.2, 0) is 0 Å². The Bertz CT molecular complexity index is 477. The van der Waals surface area contributed by atoms with E-state index < -0.39 is 0 Å². The summed E-state index contributed by atoms with van der Waals surface area (Å²) in [7, 11) is 0. The topological polar surface area (TPSA) is 38.0 Å². The molecule has 0 radical (unpaired) electrons. The smallest absolute Gasteiger partial charge is 0.0437 e. The van der Waals surface area contributed by atoms with Crippen molar-refractivity contribution in [3.8, 4) is 0 Å². The molecule has 2 heteroatoms. The maximum Gasteiger partial charge on any atom is 0.0437 e. The van der Waals surface area contributed by atoms with Gasteiger partial charge < -0.3 is 0 Å². The Morgan fingerprint density at radius 2 is 1.73 bits per heavy atom. The number of fused-ring (bicyclic) bond motifs is 1. The van der Waals surface area contributed by atoms with Crippen molar-refractivity contribution >= 4 is 10.8 Å². The van der Waals surface area contributed by atoms with E-state index in [1.807, 2.05) is 0 Å². The fraction of sp³-hybridized carbons (Fsp3) is 0.231. The zero-order valence-corrected chi connectivity index (χ0v) is 9.12. The van der Waals surface area contributed by atoms with Gasteiger partial charge in [0.05, 0.1) is 0 Å². The second-order valence-corrected chi connectivity index (χ2v) is 3.91. The van der Waals surface area contributed by atoms with Crippen LogP contribution in [-0.4, -0.2) is 0 Å². The molecule has 0 bridgehead atoms. The van der Waals surface area contributed by atoms with Gasteiger partial charge in [0.1, 0.15) is 0 Å². The molecule has 0 spiro atoms. The molecule has 0 aliphatic heterocycles. The molecule has 78 valence electrons. The lowest BCUT2D eigenvalue weighted by atomic mass is 9.97. The molecular formula is C13H16N2. The van der Waals surface area contributed by atoms with Gasteiger partial charge in [-0.3, -0.25) is 11.3 Å². The van der Waals surface area contributed by atoms with E-state index in [0.717, 1.165) is 0 Å². The quantitative estimate of drug-likeness (QED) is 0.577. The SMILES string of the molecule is Cc1ccc([C@H](C)NN)c2ccccc12. The van der Waals surface area contributed by atoms with Gasteiger partial charge in [0.25, 0.3) is 0 Å². The molecule has 3 N–H and O–H groups in total. The summed E-state index contributed by atoms with van der Waals surface area (Å²) < 4.78 is 0. The third kappa shape index (κ3) is 1.74. The minimum atomic E-state index is 0.176. The van der Waals surface area contributed by atoms with Crippen LogP contribution in [0.4, 0.5) is 0 Å². The second kappa shape index (κ2) is 4.01. The van der Waals surface area contributed by atoms with E-state index in [1.54, 1.807) is 0 Å². The molecule has 0 heterocycles. The lowest BCUT2D eigenvalue weighted by Crippen LogP contribution is -2.25. The van der Waals surface area contributed by atoms with Gasteiger partial charge in [0.15, 0.2) is 0 Å². The molecule has 0 aliphatic rings. The highest BCUT2D eigenvalue weighted by Gasteiger charge is 2.08. The molecule has 0 saturated carbocycles. The normalized spacial score (nSPS) is 13.0. The maximum atomic E-state index is 5.48. The number of rotatable bonds is 2. The van der Waals surface area contributed by atoms with Gasteiger partial charge in [-0.05, 0) is 35.7 Å². The Morgan fingerprint density at radius 3 is 2.40 bits per heavy atom. The monoisotopic (exact) mass is 200 g/mol. The Hall–Kier alpha value is -1.38. The van der Waals surface area contributed by atoms with Crippen LogP contribution in [0.3, 0.4) is 0 Å². The summed E-state index contributed by atoms with van der Waals surface area (Å²) in [6, 6.07) is 12.9. The Labute approximate surface area is 90.1 Å². The van der Waals surface area contributed by atoms with Gasteiger partial charge in [-0.1, -0.05) is 36.4 Å². The first-order valence-electron chi connectivity index (χ1n) is 5.18. The number of hydrogen-bond acceptors (Lipinski definition) is 2. The maximum absolute atomic E-state index is 5.48. The molecular weight excluding hydrogens is 184 g/mol. The molecule has 2 nitrogen and oxygen atoms in total. The van der Waals surface area contributed by atoms with E-state index in [1.165, 1.54) is 21.9 Å². The molecule has 2 rings (SSSR count). The second-order valence-electron chi connectivity index (χ2n) is 3.91. The molecule has 0 saturated heterocycles.